The molecule has 0 saturated heterocycles. The SMILES string of the molecule is COc1cc2ncn(CCCC(=O)Nc3ccc4c(c3)C(=O)NC4)c(=O)c2cc1OC. The minimum Gasteiger partial charge on any atom is -0.493 e. The van der Waals surface area contributed by atoms with Crippen LogP contribution in [0, 0.1) is 0 Å². The standard InChI is InChI=1S/C22H22N4O5/c1-30-18-9-16-17(10-19(18)31-2)24-12-26(22(16)29)7-3-4-20(27)25-14-6-5-13-11-23-21(28)15(13)8-14/h5-6,8-10,12H,3-4,7,11H2,1-2H3,(H,23,28)(H,25,27). The molecule has 0 saturated carbocycles. The van der Waals surface area contributed by atoms with Crippen molar-refractivity contribution in [3.63, 3.8) is 0 Å². The number of carbonyl (C=O) groups excluding carboxylic acids is 2. The quantitative estimate of drug-likeness (QED) is 0.603. The molecule has 3 aromatic rings. The molecule has 1 aliphatic heterocycles. The molecular formula is C22H22N4O5. The topological polar surface area (TPSA) is 112 Å². The van der Waals surface area contributed by atoms with E-state index in [0.717, 1.165) is 5.56 Å². The molecule has 9 heteroatoms. The number of fused-ring (bicyclic) bond motifs is 2. The molecule has 0 unspecified atom stereocenters. The van der Waals surface area contributed by atoms with E-state index in [1.807, 2.05) is 6.07 Å². The maximum Gasteiger partial charge on any atom is 0.261 e. The number of hydrogen-bond acceptors (Lipinski definition) is 6. The number of nitrogens with one attached hydrogen (secondary N) is 2. The molecule has 9 nitrogen and oxygen atoms in total. The summed E-state index contributed by atoms with van der Waals surface area (Å²) in [6.07, 6.45) is 2.14. The van der Waals surface area contributed by atoms with Gasteiger partial charge in [-0.1, -0.05) is 6.07 Å². The number of rotatable bonds is 7. The third-order valence-corrected chi connectivity index (χ3v) is 5.21. The van der Waals surface area contributed by atoms with Crippen LogP contribution in [0.4, 0.5) is 5.69 Å². The van der Waals surface area contributed by atoms with E-state index < -0.39 is 0 Å². The molecule has 2 N–H and O–H groups in total. The van der Waals surface area contributed by atoms with E-state index in [9.17, 15) is 14.4 Å². The summed E-state index contributed by atoms with van der Waals surface area (Å²) >= 11 is 0. The molecule has 0 radical (unpaired) electrons. The van der Waals surface area contributed by atoms with E-state index in [-0.39, 0.29) is 23.8 Å². The van der Waals surface area contributed by atoms with Crippen molar-refractivity contribution in [1.82, 2.24) is 14.9 Å². The summed E-state index contributed by atoms with van der Waals surface area (Å²) in [5.74, 6) is 0.629. The van der Waals surface area contributed by atoms with E-state index in [2.05, 4.69) is 15.6 Å². The lowest BCUT2D eigenvalue weighted by Crippen LogP contribution is -2.22. The maximum absolute atomic E-state index is 12.8. The summed E-state index contributed by atoms with van der Waals surface area (Å²) in [6.45, 7) is 0.853. The van der Waals surface area contributed by atoms with Crippen molar-refractivity contribution in [2.45, 2.75) is 25.9 Å². The summed E-state index contributed by atoms with van der Waals surface area (Å²) < 4.78 is 12.0. The molecule has 2 aromatic carbocycles. The Morgan fingerprint density at radius 1 is 1.16 bits per heavy atom. The molecule has 2 heterocycles. The third kappa shape index (κ3) is 4.07. The van der Waals surface area contributed by atoms with Crippen LogP contribution in [0.1, 0.15) is 28.8 Å². The molecule has 0 bridgehead atoms. The number of aromatic nitrogens is 2. The van der Waals surface area contributed by atoms with E-state index in [1.54, 1.807) is 24.3 Å². The zero-order valence-electron chi connectivity index (χ0n) is 17.2. The van der Waals surface area contributed by atoms with Gasteiger partial charge in [0, 0.05) is 36.8 Å². The lowest BCUT2D eigenvalue weighted by Gasteiger charge is -2.11. The van der Waals surface area contributed by atoms with Crippen LogP contribution in [-0.4, -0.2) is 35.6 Å². The van der Waals surface area contributed by atoms with Gasteiger partial charge in [0.2, 0.25) is 5.91 Å². The highest BCUT2D eigenvalue weighted by molar-refractivity contribution is 6.00. The van der Waals surface area contributed by atoms with Crippen molar-refractivity contribution < 1.29 is 19.1 Å². The molecule has 0 aliphatic carbocycles. The maximum atomic E-state index is 12.8. The molecule has 1 aliphatic rings. The molecule has 31 heavy (non-hydrogen) atoms. The summed E-state index contributed by atoms with van der Waals surface area (Å²) in [6, 6.07) is 8.54. The Labute approximate surface area is 178 Å². The average Bonchev–Trinajstić information content (AvgIpc) is 3.14. The average molecular weight is 422 g/mol. The number of carbonyl (C=O) groups is 2. The predicted molar refractivity (Wildman–Crippen MR) is 115 cm³/mol. The van der Waals surface area contributed by atoms with Gasteiger partial charge in [-0.2, -0.15) is 0 Å². The van der Waals surface area contributed by atoms with Gasteiger partial charge in [-0.3, -0.25) is 19.0 Å². The Hall–Kier alpha value is -3.88. The zero-order chi connectivity index (χ0) is 22.0. The van der Waals surface area contributed by atoms with E-state index >= 15 is 0 Å². The second kappa shape index (κ2) is 8.47. The van der Waals surface area contributed by atoms with Crippen LogP contribution >= 0.6 is 0 Å². The normalized spacial score (nSPS) is 12.4. The predicted octanol–water partition coefficient (Wildman–Crippen LogP) is 2.08. The van der Waals surface area contributed by atoms with E-state index in [1.165, 1.54) is 25.1 Å². The summed E-state index contributed by atoms with van der Waals surface area (Å²) in [4.78, 5) is 41.2. The van der Waals surface area contributed by atoms with Crippen LogP contribution < -0.4 is 25.7 Å². The number of benzene rings is 2. The van der Waals surface area contributed by atoms with Crippen LogP contribution in [0.25, 0.3) is 10.9 Å². The number of amides is 2. The number of methoxy groups -OCH3 is 2. The summed E-state index contributed by atoms with van der Waals surface area (Å²) in [5.41, 5.74) is 2.37. The molecular weight excluding hydrogens is 400 g/mol. The molecule has 160 valence electrons. The third-order valence-electron chi connectivity index (χ3n) is 5.21. The summed E-state index contributed by atoms with van der Waals surface area (Å²) in [5, 5.41) is 5.96. The lowest BCUT2D eigenvalue weighted by atomic mass is 10.1. The minimum atomic E-state index is -0.212. The Bertz CT molecular complexity index is 1230. The molecule has 1 aromatic heterocycles. The largest absolute Gasteiger partial charge is 0.493 e. The zero-order valence-corrected chi connectivity index (χ0v) is 17.2. The molecule has 0 atom stereocenters. The Morgan fingerprint density at radius 2 is 1.94 bits per heavy atom. The van der Waals surface area contributed by atoms with Crippen molar-refractivity contribution in [2.24, 2.45) is 0 Å². The van der Waals surface area contributed by atoms with Crippen molar-refractivity contribution in [1.29, 1.82) is 0 Å². The van der Waals surface area contributed by atoms with Crippen molar-refractivity contribution in [3.05, 3.63) is 58.1 Å². The van der Waals surface area contributed by atoms with E-state index in [4.69, 9.17) is 9.47 Å². The van der Waals surface area contributed by atoms with E-state index in [0.29, 0.717) is 53.2 Å². The highest BCUT2D eigenvalue weighted by atomic mass is 16.5. The number of nitrogens with zero attached hydrogens (tertiary/aromatic N) is 2. The molecule has 0 fully saturated rings. The highest BCUT2D eigenvalue weighted by Gasteiger charge is 2.19. The number of aryl methyl sites for hydroxylation is 1. The van der Waals surface area contributed by atoms with Crippen molar-refractivity contribution >= 4 is 28.4 Å². The second-order valence-electron chi connectivity index (χ2n) is 7.17. The fourth-order valence-corrected chi connectivity index (χ4v) is 3.57. The second-order valence-corrected chi connectivity index (χ2v) is 7.17. The first-order valence-electron chi connectivity index (χ1n) is 9.82. The Kier molecular flexibility index (Phi) is 5.57. The van der Waals surface area contributed by atoms with Crippen LogP contribution in [-0.2, 0) is 17.9 Å². The van der Waals surface area contributed by atoms with Crippen LogP contribution in [0.3, 0.4) is 0 Å². The van der Waals surface area contributed by atoms with Crippen molar-refractivity contribution in [3.8, 4) is 11.5 Å². The first-order chi connectivity index (χ1) is 15.0. The first kappa shape index (κ1) is 20.4. The van der Waals surface area contributed by atoms with Crippen LogP contribution in [0.15, 0.2) is 41.5 Å². The molecule has 0 spiro atoms. The highest BCUT2D eigenvalue weighted by Crippen LogP contribution is 2.29. The van der Waals surface area contributed by atoms with Gasteiger partial charge in [-0.15, -0.1) is 0 Å². The first-order valence-corrected chi connectivity index (χ1v) is 9.82. The fourth-order valence-electron chi connectivity index (χ4n) is 3.57. The van der Waals surface area contributed by atoms with Gasteiger partial charge >= 0.3 is 0 Å². The number of anilines is 1. The lowest BCUT2D eigenvalue weighted by molar-refractivity contribution is -0.116. The van der Waals surface area contributed by atoms with Gasteiger partial charge in [0.25, 0.3) is 11.5 Å². The smallest absolute Gasteiger partial charge is 0.261 e. The summed E-state index contributed by atoms with van der Waals surface area (Å²) in [7, 11) is 3.03. The van der Waals surface area contributed by atoms with Gasteiger partial charge < -0.3 is 20.1 Å². The molecule has 4 rings (SSSR count). The van der Waals surface area contributed by atoms with Gasteiger partial charge in [0.15, 0.2) is 11.5 Å². The van der Waals surface area contributed by atoms with Crippen molar-refractivity contribution in [2.75, 3.05) is 19.5 Å². The monoisotopic (exact) mass is 422 g/mol. The van der Waals surface area contributed by atoms with Crippen LogP contribution in [0.2, 0.25) is 0 Å². The van der Waals surface area contributed by atoms with Gasteiger partial charge in [-0.05, 0) is 30.2 Å². The number of ether oxygens (including phenoxy) is 2. The molecule has 2 amide bonds. The Balaban J connectivity index is 1.41. The van der Waals surface area contributed by atoms with Gasteiger partial charge in [0.1, 0.15) is 0 Å². The number of hydrogen-bond donors (Lipinski definition) is 2. The fraction of sp³-hybridized carbons (Fsp3) is 0.273. The minimum absolute atomic E-state index is 0.136. The Morgan fingerprint density at radius 3 is 2.71 bits per heavy atom. The van der Waals surface area contributed by atoms with Crippen LogP contribution in [0.5, 0.6) is 11.5 Å². The van der Waals surface area contributed by atoms with Gasteiger partial charge in [0.05, 0.1) is 31.4 Å². The van der Waals surface area contributed by atoms with Gasteiger partial charge in [-0.25, -0.2) is 4.98 Å².